The number of hydroxylamine groups is 1. The molecule has 1 aromatic carbocycles. The highest BCUT2D eigenvalue weighted by Crippen LogP contribution is 2.07. The van der Waals surface area contributed by atoms with E-state index in [9.17, 15) is 9.59 Å². The molecule has 24 heavy (non-hydrogen) atoms. The predicted molar refractivity (Wildman–Crippen MR) is 84.3 cm³/mol. The number of carbonyl (C=O) groups is 2. The van der Waals surface area contributed by atoms with Gasteiger partial charge in [0.05, 0.1) is 6.21 Å². The van der Waals surface area contributed by atoms with Gasteiger partial charge in [0.25, 0.3) is 11.8 Å². The van der Waals surface area contributed by atoms with E-state index < -0.39 is 11.8 Å². The number of nitrogens with one attached hydrogen (secondary N) is 2. The fourth-order valence-electron chi connectivity index (χ4n) is 1.74. The van der Waals surface area contributed by atoms with Crippen LogP contribution in [0.3, 0.4) is 0 Å². The zero-order valence-electron chi connectivity index (χ0n) is 12.5. The molecule has 0 aliphatic heterocycles. The molecule has 0 fully saturated rings. The number of amides is 2. The van der Waals surface area contributed by atoms with E-state index in [0.717, 1.165) is 10.8 Å². The van der Waals surface area contributed by atoms with E-state index in [1.54, 1.807) is 36.4 Å². The van der Waals surface area contributed by atoms with Gasteiger partial charge in [0.1, 0.15) is 0 Å². The van der Waals surface area contributed by atoms with E-state index in [0.29, 0.717) is 16.7 Å². The van der Waals surface area contributed by atoms with Crippen LogP contribution in [0.4, 0.5) is 0 Å². The molecule has 4 N–H and O–H groups in total. The highest BCUT2D eigenvalue weighted by molar-refractivity contribution is 5.96. The second-order valence-corrected chi connectivity index (χ2v) is 4.65. The molecule has 1 heterocycles. The SMILES string of the molecule is O=C(/C=C/c1cccc(C(=O)N/N=C/c2cc[n+](O)cc2)c1)NO. The third kappa shape index (κ3) is 5.04. The normalized spacial score (nSPS) is 10.9. The summed E-state index contributed by atoms with van der Waals surface area (Å²) in [6.07, 6.45) is 6.90. The summed E-state index contributed by atoms with van der Waals surface area (Å²) in [6.45, 7) is 0. The van der Waals surface area contributed by atoms with Gasteiger partial charge >= 0.3 is 0 Å². The lowest BCUT2D eigenvalue weighted by atomic mass is 10.1. The molecule has 0 aliphatic rings. The van der Waals surface area contributed by atoms with Gasteiger partial charge in [-0.3, -0.25) is 20.0 Å². The van der Waals surface area contributed by atoms with Crippen LogP contribution >= 0.6 is 0 Å². The van der Waals surface area contributed by atoms with Gasteiger partial charge in [0.2, 0.25) is 12.4 Å². The molecule has 8 nitrogen and oxygen atoms in total. The number of benzene rings is 1. The predicted octanol–water partition coefficient (Wildman–Crippen LogP) is 0.494. The molecule has 0 saturated carbocycles. The Balaban J connectivity index is 2.00. The fraction of sp³-hybridized carbons (Fsp3) is 0. The maximum atomic E-state index is 12.0. The zero-order chi connectivity index (χ0) is 17.4. The molecule has 0 spiro atoms. The minimum Gasteiger partial charge on any atom is -0.288 e. The second kappa shape index (κ2) is 8.20. The average Bonchev–Trinajstić information content (AvgIpc) is 2.61. The number of pyridine rings is 1. The van der Waals surface area contributed by atoms with E-state index in [-0.39, 0.29) is 0 Å². The van der Waals surface area contributed by atoms with Crippen LogP contribution in [0, 0.1) is 0 Å². The summed E-state index contributed by atoms with van der Waals surface area (Å²) < 4.78 is 0.895. The lowest BCUT2D eigenvalue weighted by Gasteiger charge is -2.01. The summed E-state index contributed by atoms with van der Waals surface area (Å²) in [6, 6.07) is 9.77. The van der Waals surface area contributed by atoms with E-state index in [2.05, 4.69) is 10.5 Å². The van der Waals surface area contributed by atoms with Crippen molar-refractivity contribution < 1.29 is 24.7 Å². The first-order chi connectivity index (χ1) is 11.6. The van der Waals surface area contributed by atoms with Crippen LogP contribution < -0.4 is 15.6 Å². The molecule has 0 bridgehead atoms. The van der Waals surface area contributed by atoms with Gasteiger partial charge in [-0.05, 0) is 23.8 Å². The van der Waals surface area contributed by atoms with Crippen molar-refractivity contribution in [2.24, 2.45) is 5.10 Å². The Morgan fingerprint density at radius 1 is 1.12 bits per heavy atom. The summed E-state index contributed by atoms with van der Waals surface area (Å²) in [7, 11) is 0. The molecule has 122 valence electrons. The van der Waals surface area contributed by atoms with Crippen molar-refractivity contribution in [1.82, 2.24) is 10.9 Å². The zero-order valence-corrected chi connectivity index (χ0v) is 12.5. The smallest absolute Gasteiger partial charge is 0.271 e. The Hall–Kier alpha value is -3.52. The van der Waals surface area contributed by atoms with Crippen LogP contribution in [0.15, 0.2) is 60.0 Å². The fourth-order valence-corrected chi connectivity index (χ4v) is 1.74. The molecule has 2 rings (SSSR count). The molecule has 0 saturated heterocycles. The van der Waals surface area contributed by atoms with Gasteiger partial charge in [0.15, 0.2) is 0 Å². The lowest BCUT2D eigenvalue weighted by Crippen LogP contribution is -2.28. The quantitative estimate of drug-likeness (QED) is 0.160. The Labute approximate surface area is 137 Å². The number of rotatable bonds is 5. The van der Waals surface area contributed by atoms with Crippen LogP contribution in [0.5, 0.6) is 0 Å². The van der Waals surface area contributed by atoms with E-state index in [4.69, 9.17) is 10.4 Å². The molecule has 0 unspecified atom stereocenters. The van der Waals surface area contributed by atoms with Gasteiger partial charge in [-0.1, -0.05) is 12.1 Å². The van der Waals surface area contributed by atoms with Crippen LogP contribution in [0.1, 0.15) is 21.5 Å². The van der Waals surface area contributed by atoms with Crippen molar-refractivity contribution in [3.8, 4) is 0 Å². The summed E-state index contributed by atoms with van der Waals surface area (Å²) in [5, 5.41) is 21.3. The summed E-state index contributed by atoms with van der Waals surface area (Å²) in [4.78, 5) is 23.0. The first-order valence-corrected chi connectivity index (χ1v) is 6.84. The Morgan fingerprint density at radius 2 is 1.88 bits per heavy atom. The van der Waals surface area contributed by atoms with Gasteiger partial charge < -0.3 is 0 Å². The maximum absolute atomic E-state index is 12.0. The van der Waals surface area contributed by atoms with E-state index in [1.807, 2.05) is 0 Å². The average molecular weight is 327 g/mol. The van der Waals surface area contributed by atoms with Crippen LogP contribution in [0.25, 0.3) is 6.08 Å². The number of nitrogens with zero attached hydrogens (tertiary/aromatic N) is 2. The summed E-state index contributed by atoms with van der Waals surface area (Å²) in [5.74, 6) is -1.08. The molecule has 8 heteroatoms. The lowest BCUT2D eigenvalue weighted by molar-refractivity contribution is -0.904. The number of hydrogen-bond donors (Lipinski definition) is 4. The van der Waals surface area contributed by atoms with Crippen LogP contribution in [-0.4, -0.2) is 28.4 Å². The molecular weight excluding hydrogens is 312 g/mol. The van der Waals surface area contributed by atoms with Crippen molar-refractivity contribution in [3.63, 3.8) is 0 Å². The van der Waals surface area contributed by atoms with E-state index in [1.165, 1.54) is 30.2 Å². The Morgan fingerprint density at radius 3 is 2.58 bits per heavy atom. The maximum Gasteiger partial charge on any atom is 0.271 e. The van der Waals surface area contributed by atoms with Crippen LogP contribution in [-0.2, 0) is 4.79 Å². The van der Waals surface area contributed by atoms with Gasteiger partial charge in [-0.2, -0.15) is 5.10 Å². The van der Waals surface area contributed by atoms with Gasteiger partial charge in [0, 0.05) is 34.1 Å². The van der Waals surface area contributed by atoms with Crippen molar-refractivity contribution >= 4 is 24.1 Å². The molecule has 2 amide bonds. The number of hydrazone groups is 1. The molecule has 1 aromatic heterocycles. The number of aromatic nitrogens is 1. The number of hydrogen-bond acceptors (Lipinski definition) is 5. The van der Waals surface area contributed by atoms with E-state index >= 15 is 0 Å². The highest BCUT2D eigenvalue weighted by Gasteiger charge is 2.04. The monoisotopic (exact) mass is 327 g/mol. The topological polar surface area (TPSA) is 115 Å². The first kappa shape index (κ1) is 16.8. The summed E-state index contributed by atoms with van der Waals surface area (Å²) in [5.41, 5.74) is 5.54. The van der Waals surface area contributed by atoms with Crippen molar-refractivity contribution in [3.05, 3.63) is 71.6 Å². The van der Waals surface area contributed by atoms with Gasteiger partial charge in [-0.15, -0.1) is 0 Å². The largest absolute Gasteiger partial charge is 0.288 e. The van der Waals surface area contributed by atoms with Gasteiger partial charge in [-0.25, -0.2) is 10.9 Å². The van der Waals surface area contributed by atoms with Crippen LogP contribution in [0.2, 0.25) is 0 Å². The highest BCUT2D eigenvalue weighted by atomic mass is 16.5. The van der Waals surface area contributed by atoms with Crippen molar-refractivity contribution in [1.29, 1.82) is 0 Å². The number of carbonyl (C=O) groups excluding carboxylic acids is 2. The molecule has 0 aliphatic carbocycles. The molecular formula is C16H15N4O4+. The second-order valence-electron chi connectivity index (χ2n) is 4.65. The Bertz CT molecular complexity index is 785. The Kier molecular flexibility index (Phi) is 5.76. The third-order valence-corrected chi connectivity index (χ3v) is 2.91. The third-order valence-electron chi connectivity index (χ3n) is 2.91. The van der Waals surface area contributed by atoms with Crippen molar-refractivity contribution in [2.45, 2.75) is 0 Å². The molecule has 0 radical (unpaired) electrons. The summed E-state index contributed by atoms with van der Waals surface area (Å²) >= 11 is 0. The standard InChI is InChI=1S/C16H14N4O4/c21-15(19-23)5-4-12-2-1-3-14(10-12)16(22)18-17-11-13-6-8-20(24)9-7-13/h1-11,24H,(H2,17,18,19,21,22,23)/p+1/b5-4+. The minimum atomic E-state index is -0.665. The minimum absolute atomic E-state index is 0.361. The molecule has 2 aromatic rings. The van der Waals surface area contributed by atoms with Crippen molar-refractivity contribution in [2.75, 3.05) is 0 Å². The molecule has 0 atom stereocenters. The first-order valence-electron chi connectivity index (χ1n) is 6.84.